The summed E-state index contributed by atoms with van der Waals surface area (Å²) in [7, 11) is 0. The van der Waals surface area contributed by atoms with E-state index in [2.05, 4.69) is 0 Å². The molecule has 1 heterocycles. The van der Waals surface area contributed by atoms with E-state index in [0.717, 1.165) is 16.0 Å². The lowest BCUT2D eigenvalue weighted by atomic mass is 9.70. The minimum absolute atomic E-state index is 0.0322. The van der Waals surface area contributed by atoms with Gasteiger partial charge in [-0.25, -0.2) is 14.5 Å². The lowest BCUT2D eigenvalue weighted by molar-refractivity contribution is -0.140. The number of cyclic esters (lactones) is 1. The molecule has 0 aromatic heterocycles. The molecule has 31 heavy (non-hydrogen) atoms. The molecule has 1 aliphatic heterocycles. The van der Waals surface area contributed by atoms with Gasteiger partial charge in [0.15, 0.2) is 0 Å². The van der Waals surface area contributed by atoms with Gasteiger partial charge in [0.25, 0.3) is 0 Å². The van der Waals surface area contributed by atoms with Gasteiger partial charge in [0.05, 0.1) is 5.41 Å². The van der Waals surface area contributed by atoms with E-state index in [9.17, 15) is 19.5 Å². The second-order valence-corrected chi connectivity index (χ2v) is 8.62. The summed E-state index contributed by atoms with van der Waals surface area (Å²) in [5, 5.41) is 10.5. The number of carbonyl (C=O) groups excluding carboxylic acids is 2. The number of hydrogen-bond donors (Lipinski definition) is 1. The van der Waals surface area contributed by atoms with E-state index in [1.54, 1.807) is 31.2 Å². The van der Waals surface area contributed by atoms with Crippen molar-refractivity contribution in [1.29, 1.82) is 0 Å². The third-order valence-corrected chi connectivity index (χ3v) is 6.35. The highest BCUT2D eigenvalue weighted by Gasteiger charge is 2.48. The number of imide groups is 1. The van der Waals surface area contributed by atoms with Crippen molar-refractivity contribution in [3.63, 3.8) is 0 Å². The molecule has 2 aliphatic rings. The monoisotopic (exact) mass is 439 g/mol. The van der Waals surface area contributed by atoms with Crippen LogP contribution in [0.5, 0.6) is 0 Å². The predicted octanol–water partition coefficient (Wildman–Crippen LogP) is 5.09. The summed E-state index contributed by atoms with van der Waals surface area (Å²) < 4.78 is 5.19. The van der Waals surface area contributed by atoms with Crippen LogP contribution in [-0.4, -0.2) is 34.6 Å². The third-order valence-electron chi connectivity index (χ3n) is 6.10. The maximum Gasteiger partial charge on any atom is 0.417 e. The molecule has 2 amide bonds. The Hall–Kier alpha value is -3.12. The van der Waals surface area contributed by atoms with E-state index < -0.39 is 29.4 Å². The first kappa shape index (κ1) is 21.1. The molecule has 2 unspecified atom stereocenters. The summed E-state index contributed by atoms with van der Waals surface area (Å²) in [6.45, 7) is 1.81. The van der Waals surface area contributed by atoms with Crippen LogP contribution in [-0.2, 0) is 14.3 Å². The maximum atomic E-state index is 13.6. The van der Waals surface area contributed by atoms with E-state index in [1.807, 2.05) is 30.3 Å². The Labute approximate surface area is 185 Å². The number of carbonyl (C=O) groups is 3. The number of rotatable bonds is 4. The van der Waals surface area contributed by atoms with Crippen LogP contribution in [0.4, 0.5) is 4.79 Å². The van der Waals surface area contributed by atoms with Gasteiger partial charge in [-0.3, -0.25) is 4.79 Å². The summed E-state index contributed by atoms with van der Waals surface area (Å²) in [6, 6.07) is 15.7. The molecule has 1 N–H and O–H groups in total. The Morgan fingerprint density at radius 3 is 2.45 bits per heavy atom. The molecule has 1 saturated heterocycles. The number of aliphatic carboxylic acids is 1. The van der Waals surface area contributed by atoms with Crippen molar-refractivity contribution in [2.24, 2.45) is 5.41 Å². The first-order valence-corrected chi connectivity index (χ1v) is 10.4. The highest BCUT2D eigenvalue weighted by Crippen LogP contribution is 2.46. The topological polar surface area (TPSA) is 83.9 Å². The lowest BCUT2D eigenvalue weighted by Crippen LogP contribution is -2.45. The van der Waals surface area contributed by atoms with Gasteiger partial charge in [0.2, 0.25) is 5.91 Å². The molecule has 2 aromatic rings. The van der Waals surface area contributed by atoms with Crippen LogP contribution in [0.1, 0.15) is 43.4 Å². The summed E-state index contributed by atoms with van der Waals surface area (Å²) in [4.78, 5) is 39.3. The van der Waals surface area contributed by atoms with Gasteiger partial charge in [-0.2, -0.15) is 0 Å². The molecule has 4 rings (SSSR count). The molecule has 160 valence electrons. The van der Waals surface area contributed by atoms with Crippen molar-refractivity contribution >= 4 is 35.1 Å². The Morgan fingerprint density at radius 2 is 1.81 bits per heavy atom. The van der Waals surface area contributed by atoms with Crippen molar-refractivity contribution < 1.29 is 24.2 Å². The number of ether oxygens (including phenoxy) is 1. The first-order valence-electron chi connectivity index (χ1n) is 10.1. The van der Waals surface area contributed by atoms with Gasteiger partial charge >= 0.3 is 12.1 Å². The lowest BCUT2D eigenvalue weighted by Gasteiger charge is -2.37. The fourth-order valence-electron chi connectivity index (χ4n) is 4.35. The summed E-state index contributed by atoms with van der Waals surface area (Å²) >= 11 is 5.96. The van der Waals surface area contributed by atoms with E-state index in [0.29, 0.717) is 23.4 Å². The molecule has 0 spiro atoms. The molecule has 0 saturated carbocycles. The number of carboxylic acids is 1. The van der Waals surface area contributed by atoms with Crippen molar-refractivity contribution in [2.45, 2.75) is 32.2 Å². The van der Waals surface area contributed by atoms with Crippen LogP contribution in [0.2, 0.25) is 5.02 Å². The number of benzene rings is 2. The molecule has 7 heteroatoms. The number of halogens is 1. The van der Waals surface area contributed by atoms with Crippen molar-refractivity contribution in [1.82, 2.24) is 4.90 Å². The van der Waals surface area contributed by atoms with Crippen LogP contribution in [0.3, 0.4) is 0 Å². The highest BCUT2D eigenvalue weighted by atomic mass is 35.5. The smallest absolute Gasteiger partial charge is 0.417 e. The summed E-state index contributed by atoms with van der Waals surface area (Å²) in [5.74, 6) is -1.47. The van der Waals surface area contributed by atoms with Gasteiger partial charge in [-0.05, 0) is 48.1 Å². The van der Waals surface area contributed by atoms with Crippen LogP contribution in [0, 0.1) is 5.41 Å². The van der Waals surface area contributed by atoms with Crippen LogP contribution in [0.15, 0.2) is 60.2 Å². The molecule has 6 nitrogen and oxygen atoms in total. The molecule has 0 radical (unpaired) electrons. The predicted molar refractivity (Wildman–Crippen MR) is 115 cm³/mol. The second-order valence-electron chi connectivity index (χ2n) is 8.19. The fourth-order valence-corrected chi connectivity index (χ4v) is 4.48. The third kappa shape index (κ3) is 3.95. The zero-order valence-corrected chi connectivity index (χ0v) is 17.8. The standard InChI is InChI=1S/C24H22ClNO5/c1-24(22(29)26-20(14-31-23(26)30)16-5-3-2-4-6-16)12-11-18(19(13-24)21(27)28)15-7-9-17(25)10-8-15/h2-10,20H,11-14H2,1H3,(H,27,28). The number of nitrogens with zero attached hydrogens (tertiary/aromatic N) is 1. The first-order chi connectivity index (χ1) is 14.8. The summed E-state index contributed by atoms with van der Waals surface area (Å²) in [5.41, 5.74) is 1.43. The fraction of sp³-hybridized carbons (Fsp3) is 0.292. The Kier molecular flexibility index (Phi) is 5.58. The number of allylic oxidation sites excluding steroid dienone is 1. The Bertz CT molecular complexity index is 1060. The maximum absolute atomic E-state index is 13.6. The summed E-state index contributed by atoms with van der Waals surface area (Å²) in [6.07, 6.45) is 0.171. The Balaban J connectivity index is 1.66. The molecular weight excluding hydrogens is 418 g/mol. The van der Waals surface area contributed by atoms with Gasteiger partial charge < -0.3 is 9.84 Å². The van der Waals surface area contributed by atoms with E-state index in [4.69, 9.17) is 16.3 Å². The van der Waals surface area contributed by atoms with E-state index in [1.165, 1.54) is 0 Å². The minimum Gasteiger partial charge on any atom is -0.478 e. The minimum atomic E-state index is -1.06. The second kappa shape index (κ2) is 8.19. The molecule has 1 aliphatic carbocycles. The van der Waals surface area contributed by atoms with Crippen molar-refractivity contribution in [3.8, 4) is 0 Å². The molecular formula is C24H22ClNO5. The number of carboxylic acid groups (broad SMARTS) is 1. The average Bonchev–Trinajstić information content (AvgIpc) is 3.15. The SMILES string of the molecule is CC1(C(=O)N2C(=O)OCC2c2ccccc2)CCC(c2ccc(Cl)cc2)=C(C(=O)O)C1. The average molecular weight is 440 g/mol. The molecule has 2 atom stereocenters. The quantitative estimate of drug-likeness (QED) is 0.717. The molecule has 0 bridgehead atoms. The van der Waals surface area contributed by atoms with Gasteiger partial charge in [-0.1, -0.05) is 61.0 Å². The molecule has 2 aromatic carbocycles. The van der Waals surface area contributed by atoms with Gasteiger partial charge in [0.1, 0.15) is 12.6 Å². The van der Waals surface area contributed by atoms with E-state index >= 15 is 0 Å². The van der Waals surface area contributed by atoms with Crippen molar-refractivity contribution in [2.75, 3.05) is 6.61 Å². The van der Waals surface area contributed by atoms with Gasteiger partial charge in [0, 0.05) is 10.6 Å². The zero-order chi connectivity index (χ0) is 22.2. The van der Waals surface area contributed by atoms with E-state index in [-0.39, 0.29) is 18.6 Å². The highest BCUT2D eigenvalue weighted by molar-refractivity contribution is 6.30. The number of hydrogen-bond acceptors (Lipinski definition) is 4. The van der Waals surface area contributed by atoms with Crippen molar-refractivity contribution in [3.05, 3.63) is 76.3 Å². The van der Waals surface area contributed by atoms with Crippen LogP contribution < -0.4 is 0 Å². The largest absolute Gasteiger partial charge is 0.478 e. The normalized spacial score (nSPS) is 23.6. The van der Waals surface area contributed by atoms with Crippen LogP contribution >= 0.6 is 11.6 Å². The Morgan fingerprint density at radius 1 is 1.13 bits per heavy atom. The zero-order valence-electron chi connectivity index (χ0n) is 17.0. The van der Waals surface area contributed by atoms with Gasteiger partial charge in [-0.15, -0.1) is 0 Å². The van der Waals surface area contributed by atoms with Crippen LogP contribution in [0.25, 0.3) is 5.57 Å². The number of amides is 2. The molecule has 1 fully saturated rings.